The van der Waals surface area contributed by atoms with Crippen molar-refractivity contribution < 1.29 is 13.2 Å². The van der Waals surface area contributed by atoms with E-state index < -0.39 is 10.0 Å². The molecule has 40 heavy (non-hydrogen) atoms. The van der Waals surface area contributed by atoms with E-state index in [1.54, 1.807) is 23.5 Å². The first-order valence-corrected chi connectivity index (χ1v) is 15.0. The molecule has 8 nitrogen and oxygen atoms in total. The highest BCUT2D eigenvalue weighted by Crippen LogP contribution is 2.32. The van der Waals surface area contributed by atoms with Crippen LogP contribution in [-0.2, 0) is 15.4 Å². The second-order valence-corrected chi connectivity index (χ2v) is 13.1. The van der Waals surface area contributed by atoms with E-state index in [-0.39, 0.29) is 11.5 Å². The van der Waals surface area contributed by atoms with Gasteiger partial charge < -0.3 is 10.1 Å². The minimum absolute atomic E-state index is 0.0303. The van der Waals surface area contributed by atoms with Crippen molar-refractivity contribution >= 4 is 32.4 Å². The van der Waals surface area contributed by atoms with Crippen molar-refractivity contribution in [3.63, 3.8) is 0 Å². The maximum Gasteiger partial charge on any atom is 0.243 e. The minimum atomic E-state index is -3.56. The lowest BCUT2D eigenvalue weighted by Gasteiger charge is -2.37. The molecule has 0 unspecified atom stereocenters. The van der Waals surface area contributed by atoms with Gasteiger partial charge in [-0.3, -0.25) is 4.90 Å². The van der Waals surface area contributed by atoms with Crippen LogP contribution in [0.1, 0.15) is 45.1 Å². The Morgan fingerprint density at radius 2 is 1.52 bits per heavy atom. The molecule has 3 aromatic carbocycles. The normalized spacial score (nSPS) is 16.1. The first-order valence-electron chi connectivity index (χ1n) is 13.6. The van der Waals surface area contributed by atoms with Gasteiger partial charge in [-0.1, -0.05) is 57.2 Å². The molecule has 4 aromatic rings. The summed E-state index contributed by atoms with van der Waals surface area (Å²) in [6, 6.07) is 22.8. The van der Waals surface area contributed by atoms with Gasteiger partial charge in [-0.2, -0.15) is 4.31 Å². The zero-order chi connectivity index (χ0) is 28.5. The number of aromatic nitrogens is 2. The maximum atomic E-state index is 13.4. The number of methoxy groups -OCH3 is 1. The number of benzene rings is 3. The number of hydrogen-bond donors (Lipinski definition) is 1. The molecule has 0 amide bonds. The molecule has 1 N–H and O–H groups in total. The Kier molecular flexibility index (Phi) is 7.81. The van der Waals surface area contributed by atoms with Crippen LogP contribution in [0.5, 0.6) is 5.75 Å². The summed E-state index contributed by atoms with van der Waals surface area (Å²) in [7, 11) is -1.92. The molecule has 0 spiro atoms. The topological polar surface area (TPSA) is 87.7 Å². The molecule has 2 heterocycles. The number of para-hydroxylation sites is 3. The molecule has 0 bridgehead atoms. The lowest BCUT2D eigenvalue weighted by molar-refractivity contribution is 0.141. The number of ether oxygens (including phenoxy) is 1. The molecule has 5 rings (SSSR count). The van der Waals surface area contributed by atoms with Crippen LogP contribution in [-0.4, -0.2) is 60.9 Å². The van der Waals surface area contributed by atoms with Crippen LogP contribution in [0.4, 0.5) is 11.5 Å². The molecular formula is C31H37N5O3S. The summed E-state index contributed by atoms with van der Waals surface area (Å²) in [6.45, 7) is 10.4. The lowest BCUT2D eigenvalue weighted by Crippen LogP contribution is -2.49. The van der Waals surface area contributed by atoms with E-state index in [9.17, 15) is 8.42 Å². The monoisotopic (exact) mass is 559 g/mol. The predicted octanol–water partition coefficient (Wildman–Crippen LogP) is 5.75. The van der Waals surface area contributed by atoms with Crippen LogP contribution in [0.15, 0.2) is 77.7 Å². The number of hydrogen-bond acceptors (Lipinski definition) is 7. The summed E-state index contributed by atoms with van der Waals surface area (Å²) in [5.41, 5.74) is 2.75. The molecule has 1 atom stereocenters. The van der Waals surface area contributed by atoms with Crippen molar-refractivity contribution in [2.24, 2.45) is 0 Å². The summed E-state index contributed by atoms with van der Waals surface area (Å²) >= 11 is 0. The van der Waals surface area contributed by atoms with Gasteiger partial charge in [-0.25, -0.2) is 18.4 Å². The molecule has 1 aromatic heterocycles. The number of anilines is 2. The van der Waals surface area contributed by atoms with Gasteiger partial charge >= 0.3 is 0 Å². The Labute approximate surface area is 237 Å². The second-order valence-electron chi connectivity index (χ2n) is 11.2. The summed E-state index contributed by atoms with van der Waals surface area (Å²) < 4.78 is 33.9. The number of fused-ring (bicyclic) bond motifs is 1. The quantitative estimate of drug-likeness (QED) is 0.309. The first kappa shape index (κ1) is 28.0. The van der Waals surface area contributed by atoms with Crippen molar-refractivity contribution in [1.82, 2.24) is 19.2 Å². The van der Waals surface area contributed by atoms with E-state index in [0.29, 0.717) is 42.7 Å². The van der Waals surface area contributed by atoms with Crippen LogP contribution in [0, 0.1) is 0 Å². The highest BCUT2D eigenvalue weighted by Gasteiger charge is 2.31. The fourth-order valence-electron chi connectivity index (χ4n) is 5.02. The predicted molar refractivity (Wildman–Crippen MR) is 160 cm³/mol. The Morgan fingerprint density at radius 3 is 2.20 bits per heavy atom. The molecule has 1 saturated heterocycles. The molecule has 1 fully saturated rings. The van der Waals surface area contributed by atoms with Crippen molar-refractivity contribution in [1.29, 1.82) is 0 Å². The minimum Gasteiger partial charge on any atom is -0.495 e. The summed E-state index contributed by atoms with van der Waals surface area (Å²) in [5.74, 6) is 2.12. The van der Waals surface area contributed by atoms with Crippen LogP contribution in [0.2, 0.25) is 0 Å². The second kappa shape index (κ2) is 11.2. The standard InChI is InChI=1S/C31H37N5O3S/c1-22(35-18-20-36(21-19-35)40(37,38)24-16-14-23(15-17-24)31(2,3)4)29-32-26-11-7-6-10-25(26)30(34-29)33-27-12-8-9-13-28(27)39-5/h6-17,22H,18-21H2,1-5H3,(H,32,33,34)/t22-/m0/s1. The SMILES string of the molecule is COc1ccccc1Nc1nc([C@H](C)N2CCN(S(=O)(=O)c3ccc(C(C)(C)C)cc3)CC2)nc2ccccc12. The average Bonchev–Trinajstić information content (AvgIpc) is 2.96. The van der Waals surface area contributed by atoms with E-state index in [2.05, 4.69) is 37.9 Å². The van der Waals surface area contributed by atoms with Gasteiger partial charge in [0, 0.05) is 31.6 Å². The zero-order valence-corrected chi connectivity index (χ0v) is 24.6. The van der Waals surface area contributed by atoms with Crippen molar-refractivity contribution in [3.8, 4) is 5.75 Å². The van der Waals surface area contributed by atoms with E-state index in [0.717, 1.165) is 27.9 Å². The van der Waals surface area contributed by atoms with Crippen LogP contribution in [0.25, 0.3) is 10.9 Å². The van der Waals surface area contributed by atoms with Crippen molar-refractivity contribution in [2.45, 2.75) is 44.0 Å². The third kappa shape index (κ3) is 5.68. The van der Waals surface area contributed by atoms with Crippen molar-refractivity contribution in [3.05, 3.63) is 84.2 Å². The Bertz CT molecular complexity index is 1590. The molecule has 0 saturated carbocycles. The van der Waals surface area contributed by atoms with Gasteiger partial charge in [0.25, 0.3) is 0 Å². The third-order valence-corrected chi connectivity index (χ3v) is 9.45. The van der Waals surface area contributed by atoms with Gasteiger partial charge in [0.1, 0.15) is 17.4 Å². The van der Waals surface area contributed by atoms with Gasteiger partial charge in [0.05, 0.1) is 29.3 Å². The van der Waals surface area contributed by atoms with Crippen molar-refractivity contribution in [2.75, 3.05) is 38.6 Å². The lowest BCUT2D eigenvalue weighted by atomic mass is 9.87. The summed E-state index contributed by atoms with van der Waals surface area (Å²) in [6.07, 6.45) is 0. The van der Waals surface area contributed by atoms with Gasteiger partial charge in [-0.15, -0.1) is 0 Å². The smallest absolute Gasteiger partial charge is 0.243 e. The molecule has 1 aliphatic rings. The Morgan fingerprint density at radius 1 is 0.875 bits per heavy atom. The van der Waals surface area contributed by atoms with E-state index in [1.807, 2.05) is 60.7 Å². The van der Waals surface area contributed by atoms with E-state index in [1.165, 1.54) is 0 Å². The number of rotatable bonds is 7. The molecular weight excluding hydrogens is 522 g/mol. The zero-order valence-electron chi connectivity index (χ0n) is 23.8. The first-order chi connectivity index (χ1) is 19.1. The van der Waals surface area contributed by atoms with Crippen LogP contribution in [0.3, 0.4) is 0 Å². The fourth-order valence-corrected chi connectivity index (χ4v) is 6.44. The van der Waals surface area contributed by atoms with Gasteiger partial charge in [0.15, 0.2) is 0 Å². The molecule has 9 heteroatoms. The van der Waals surface area contributed by atoms with E-state index in [4.69, 9.17) is 14.7 Å². The van der Waals surface area contributed by atoms with Gasteiger partial charge in [-0.05, 0) is 54.3 Å². The molecule has 1 aliphatic heterocycles. The number of nitrogens with zero attached hydrogens (tertiary/aromatic N) is 4. The Hall–Kier alpha value is -3.53. The number of sulfonamides is 1. The summed E-state index contributed by atoms with van der Waals surface area (Å²) in [5, 5.41) is 4.36. The molecule has 0 aliphatic carbocycles. The third-order valence-electron chi connectivity index (χ3n) is 7.53. The molecule has 0 radical (unpaired) electrons. The van der Waals surface area contributed by atoms with Crippen LogP contribution >= 0.6 is 0 Å². The highest BCUT2D eigenvalue weighted by molar-refractivity contribution is 7.89. The number of piperazine rings is 1. The maximum absolute atomic E-state index is 13.4. The van der Waals surface area contributed by atoms with E-state index >= 15 is 0 Å². The number of nitrogens with one attached hydrogen (secondary N) is 1. The van der Waals surface area contributed by atoms with Gasteiger partial charge in [0.2, 0.25) is 10.0 Å². The largest absolute Gasteiger partial charge is 0.495 e. The fraction of sp³-hybridized carbons (Fsp3) is 0.355. The van der Waals surface area contributed by atoms with Crippen LogP contribution < -0.4 is 10.1 Å². The molecule has 210 valence electrons. The average molecular weight is 560 g/mol. The summed E-state index contributed by atoms with van der Waals surface area (Å²) in [4.78, 5) is 12.4. The Balaban J connectivity index is 1.34. The highest BCUT2D eigenvalue weighted by atomic mass is 32.2.